The molecule has 140 valence electrons. The maximum atomic E-state index is 5.09. The first-order valence-corrected chi connectivity index (χ1v) is 10.4. The molecule has 0 atom stereocenters. The standard InChI is InChI=1S/C25H19N3S/c1-26-25-28-23-21(18-13-7-3-8-14-18)20(17-11-5-2-6-12-17)22(27-24(23)29-25)19-15-9-4-10-16-19/h2-16H,1H3,(H,26,28). The van der Waals surface area contributed by atoms with E-state index in [0.717, 1.165) is 49.0 Å². The number of thiazole rings is 1. The molecule has 5 rings (SSSR count). The van der Waals surface area contributed by atoms with E-state index in [-0.39, 0.29) is 0 Å². The molecule has 0 radical (unpaired) electrons. The molecule has 0 bridgehead atoms. The minimum Gasteiger partial charge on any atom is -0.365 e. The van der Waals surface area contributed by atoms with Gasteiger partial charge in [0.05, 0.1) is 5.69 Å². The Bertz CT molecular complexity index is 1260. The summed E-state index contributed by atoms with van der Waals surface area (Å²) >= 11 is 1.59. The molecule has 4 heteroatoms. The molecule has 0 unspecified atom stereocenters. The summed E-state index contributed by atoms with van der Waals surface area (Å²) in [4.78, 5) is 10.9. The van der Waals surface area contributed by atoms with E-state index >= 15 is 0 Å². The smallest absolute Gasteiger partial charge is 0.185 e. The number of benzene rings is 3. The molecule has 2 aromatic heterocycles. The first-order valence-electron chi connectivity index (χ1n) is 9.53. The third kappa shape index (κ3) is 3.18. The van der Waals surface area contributed by atoms with Crippen molar-refractivity contribution in [2.75, 3.05) is 12.4 Å². The van der Waals surface area contributed by atoms with Gasteiger partial charge in [0.2, 0.25) is 0 Å². The van der Waals surface area contributed by atoms with Crippen molar-refractivity contribution >= 4 is 26.8 Å². The van der Waals surface area contributed by atoms with Gasteiger partial charge < -0.3 is 5.32 Å². The van der Waals surface area contributed by atoms with Crippen molar-refractivity contribution in [2.24, 2.45) is 0 Å². The Kier molecular flexibility index (Phi) is 4.54. The van der Waals surface area contributed by atoms with Gasteiger partial charge in [-0.25, -0.2) is 9.97 Å². The average molecular weight is 394 g/mol. The van der Waals surface area contributed by atoms with Crippen LogP contribution in [-0.4, -0.2) is 17.0 Å². The molecule has 0 aliphatic rings. The molecule has 3 aromatic carbocycles. The molecule has 1 N–H and O–H groups in total. The van der Waals surface area contributed by atoms with Gasteiger partial charge in [-0.1, -0.05) is 102 Å². The van der Waals surface area contributed by atoms with Crippen LogP contribution in [0.5, 0.6) is 0 Å². The Balaban J connectivity index is 1.96. The van der Waals surface area contributed by atoms with Crippen molar-refractivity contribution in [1.82, 2.24) is 9.97 Å². The number of pyridine rings is 1. The quantitative estimate of drug-likeness (QED) is 0.368. The zero-order valence-electron chi connectivity index (χ0n) is 16.0. The van der Waals surface area contributed by atoms with Gasteiger partial charge in [0, 0.05) is 23.7 Å². The van der Waals surface area contributed by atoms with E-state index < -0.39 is 0 Å². The molecule has 0 spiro atoms. The van der Waals surface area contributed by atoms with Gasteiger partial charge in [-0.3, -0.25) is 0 Å². The highest BCUT2D eigenvalue weighted by Crippen LogP contribution is 2.44. The molecule has 0 fully saturated rings. The van der Waals surface area contributed by atoms with Crippen molar-refractivity contribution < 1.29 is 0 Å². The first-order chi connectivity index (χ1) is 14.3. The van der Waals surface area contributed by atoms with Gasteiger partial charge in [0.15, 0.2) is 5.13 Å². The van der Waals surface area contributed by atoms with Gasteiger partial charge in [0.1, 0.15) is 10.3 Å². The Morgan fingerprint density at radius 1 is 0.621 bits per heavy atom. The number of hydrogen-bond donors (Lipinski definition) is 1. The largest absolute Gasteiger partial charge is 0.365 e. The summed E-state index contributed by atoms with van der Waals surface area (Å²) in [6, 6.07) is 31.4. The topological polar surface area (TPSA) is 37.8 Å². The van der Waals surface area contributed by atoms with E-state index in [0.29, 0.717) is 0 Å². The molecule has 0 saturated heterocycles. The second-order valence-corrected chi connectivity index (χ2v) is 7.71. The highest BCUT2D eigenvalue weighted by Gasteiger charge is 2.22. The fourth-order valence-corrected chi connectivity index (χ4v) is 4.43. The zero-order chi connectivity index (χ0) is 19.6. The average Bonchev–Trinajstić information content (AvgIpc) is 3.22. The van der Waals surface area contributed by atoms with Crippen molar-refractivity contribution in [3.05, 3.63) is 91.0 Å². The monoisotopic (exact) mass is 393 g/mol. The van der Waals surface area contributed by atoms with E-state index in [1.54, 1.807) is 11.3 Å². The predicted octanol–water partition coefficient (Wildman–Crippen LogP) is 6.73. The molecule has 0 aliphatic carbocycles. The van der Waals surface area contributed by atoms with Crippen LogP contribution < -0.4 is 5.32 Å². The minimum atomic E-state index is 0.869. The van der Waals surface area contributed by atoms with Gasteiger partial charge in [-0.05, 0) is 11.1 Å². The van der Waals surface area contributed by atoms with Crippen LogP contribution in [0.4, 0.5) is 5.13 Å². The number of nitrogens with zero attached hydrogens (tertiary/aromatic N) is 2. The fourth-order valence-electron chi connectivity index (χ4n) is 3.63. The van der Waals surface area contributed by atoms with Crippen LogP contribution in [0.25, 0.3) is 43.9 Å². The van der Waals surface area contributed by atoms with Crippen molar-refractivity contribution in [3.63, 3.8) is 0 Å². The summed E-state index contributed by atoms with van der Waals surface area (Å²) in [5.41, 5.74) is 7.53. The lowest BCUT2D eigenvalue weighted by atomic mass is 9.90. The Hall–Kier alpha value is -3.50. The summed E-state index contributed by atoms with van der Waals surface area (Å²) in [5.74, 6) is 0. The number of hydrogen-bond acceptors (Lipinski definition) is 4. The van der Waals surface area contributed by atoms with Crippen LogP contribution in [0, 0.1) is 0 Å². The van der Waals surface area contributed by atoms with Gasteiger partial charge in [-0.2, -0.15) is 0 Å². The number of rotatable bonds is 4. The Labute approximate surface area is 173 Å². The van der Waals surface area contributed by atoms with Crippen LogP contribution in [0.2, 0.25) is 0 Å². The predicted molar refractivity (Wildman–Crippen MR) is 123 cm³/mol. The molecule has 2 heterocycles. The molecule has 0 saturated carbocycles. The summed E-state index contributed by atoms with van der Waals surface area (Å²) in [7, 11) is 1.90. The molecule has 0 amide bonds. The van der Waals surface area contributed by atoms with Crippen LogP contribution in [-0.2, 0) is 0 Å². The summed E-state index contributed by atoms with van der Waals surface area (Å²) < 4.78 is 0. The van der Waals surface area contributed by atoms with Gasteiger partial charge in [0.25, 0.3) is 0 Å². The van der Waals surface area contributed by atoms with Crippen LogP contribution in [0.15, 0.2) is 91.0 Å². The molecule has 5 aromatic rings. The third-order valence-corrected chi connectivity index (χ3v) is 5.90. The SMILES string of the molecule is CNc1nc2c(-c3ccccc3)c(-c3ccccc3)c(-c3ccccc3)nc2s1. The Morgan fingerprint density at radius 3 is 1.69 bits per heavy atom. The van der Waals surface area contributed by atoms with E-state index in [2.05, 4.69) is 78.1 Å². The first kappa shape index (κ1) is 17.6. The summed E-state index contributed by atoms with van der Waals surface area (Å²) in [6.07, 6.45) is 0. The highest BCUT2D eigenvalue weighted by molar-refractivity contribution is 7.21. The highest BCUT2D eigenvalue weighted by atomic mass is 32.1. The molecular weight excluding hydrogens is 374 g/mol. The number of aromatic nitrogens is 2. The van der Waals surface area contributed by atoms with Gasteiger partial charge in [-0.15, -0.1) is 0 Å². The van der Waals surface area contributed by atoms with Crippen LogP contribution in [0.3, 0.4) is 0 Å². The summed E-state index contributed by atoms with van der Waals surface area (Å²) in [6.45, 7) is 0. The van der Waals surface area contributed by atoms with Crippen molar-refractivity contribution in [2.45, 2.75) is 0 Å². The molecule has 3 nitrogen and oxygen atoms in total. The second-order valence-electron chi connectivity index (χ2n) is 6.73. The molecule has 29 heavy (non-hydrogen) atoms. The Morgan fingerprint density at radius 2 is 1.14 bits per heavy atom. The van der Waals surface area contributed by atoms with E-state index in [9.17, 15) is 0 Å². The van der Waals surface area contributed by atoms with Crippen LogP contribution in [0.1, 0.15) is 0 Å². The molecule has 0 aliphatic heterocycles. The number of nitrogens with one attached hydrogen (secondary N) is 1. The van der Waals surface area contributed by atoms with E-state index in [1.807, 2.05) is 25.2 Å². The minimum absolute atomic E-state index is 0.869. The number of fused-ring (bicyclic) bond motifs is 1. The molecular formula is C25H19N3S. The zero-order valence-corrected chi connectivity index (χ0v) is 16.8. The second kappa shape index (κ2) is 7.49. The summed E-state index contributed by atoms with van der Waals surface area (Å²) in [5, 5.41) is 4.05. The lowest BCUT2D eigenvalue weighted by molar-refractivity contribution is 1.37. The maximum Gasteiger partial charge on any atom is 0.185 e. The van der Waals surface area contributed by atoms with Crippen molar-refractivity contribution in [3.8, 4) is 33.5 Å². The van der Waals surface area contributed by atoms with E-state index in [4.69, 9.17) is 9.97 Å². The number of anilines is 1. The third-order valence-electron chi connectivity index (χ3n) is 4.93. The lowest BCUT2D eigenvalue weighted by Crippen LogP contribution is -1.95. The van der Waals surface area contributed by atoms with Crippen molar-refractivity contribution in [1.29, 1.82) is 0 Å². The lowest BCUT2D eigenvalue weighted by Gasteiger charge is -2.16. The van der Waals surface area contributed by atoms with Gasteiger partial charge >= 0.3 is 0 Å². The maximum absolute atomic E-state index is 5.09. The normalized spacial score (nSPS) is 10.9. The van der Waals surface area contributed by atoms with E-state index in [1.165, 1.54) is 0 Å². The van der Waals surface area contributed by atoms with Crippen LogP contribution >= 0.6 is 11.3 Å². The fraction of sp³-hybridized carbons (Fsp3) is 0.0400.